The summed E-state index contributed by atoms with van der Waals surface area (Å²) in [6.07, 6.45) is 5.83. The maximum Gasteiger partial charge on any atom is 0.295 e. The molecule has 1 unspecified atom stereocenters. The second-order valence-corrected chi connectivity index (χ2v) is 7.45. The number of nitrogens with two attached hydrogens (primary N) is 1. The fourth-order valence-corrected chi connectivity index (χ4v) is 3.89. The average Bonchev–Trinajstić information content (AvgIpc) is 3.26. The Morgan fingerprint density at radius 1 is 1.43 bits per heavy atom. The summed E-state index contributed by atoms with van der Waals surface area (Å²) in [5.41, 5.74) is 10.0. The van der Waals surface area contributed by atoms with E-state index in [-0.39, 0.29) is 11.8 Å². The highest BCUT2D eigenvalue weighted by Crippen LogP contribution is 2.32. The van der Waals surface area contributed by atoms with Crippen molar-refractivity contribution < 1.29 is 9.90 Å². The molecule has 0 saturated carbocycles. The molecule has 4 rings (SSSR count). The fourth-order valence-electron chi connectivity index (χ4n) is 3.10. The maximum atomic E-state index is 11.2. The quantitative estimate of drug-likeness (QED) is 0.505. The van der Waals surface area contributed by atoms with Crippen LogP contribution in [0.2, 0.25) is 0 Å². The fraction of sp³-hybridized carbons (Fsp3) is 0.143. The van der Waals surface area contributed by atoms with Crippen molar-refractivity contribution in [1.29, 1.82) is 0 Å². The van der Waals surface area contributed by atoms with Crippen LogP contribution in [-0.2, 0) is 17.8 Å². The first-order valence-corrected chi connectivity index (χ1v) is 9.37. The first kappa shape index (κ1) is 17.7. The van der Waals surface area contributed by atoms with E-state index < -0.39 is 5.91 Å². The Kier molecular flexibility index (Phi) is 4.52. The lowest BCUT2D eigenvalue weighted by atomic mass is 10.1. The zero-order valence-corrected chi connectivity index (χ0v) is 15.6. The van der Waals surface area contributed by atoms with E-state index in [1.165, 1.54) is 16.9 Å². The van der Waals surface area contributed by atoms with E-state index in [0.29, 0.717) is 22.8 Å². The molecule has 0 radical (unpaired) electrons. The molecule has 2 aromatic carbocycles. The molecule has 5 N–H and O–H groups in total. The minimum Gasteiger partial charge on any atom is -0.506 e. The van der Waals surface area contributed by atoms with Crippen molar-refractivity contribution in [2.24, 2.45) is 0 Å². The lowest BCUT2D eigenvalue weighted by molar-refractivity contribution is -0.115. The Labute approximate surface area is 165 Å². The highest BCUT2D eigenvalue weighted by molar-refractivity contribution is 7.22. The third-order valence-electron chi connectivity index (χ3n) is 4.39. The van der Waals surface area contributed by atoms with Gasteiger partial charge in [0.25, 0.3) is 5.91 Å². The number of nitrogens with one attached hydrogen (secondary N) is 2. The zero-order valence-electron chi connectivity index (χ0n) is 14.7. The van der Waals surface area contributed by atoms with E-state index in [2.05, 4.69) is 27.5 Å². The van der Waals surface area contributed by atoms with Crippen LogP contribution in [0, 0.1) is 24.2 Å². The van der Waals surface area contributed by atoms with Gasteiger partial charge in [-0.2, -0.15) is 0 Å². The van der Waals surface area contributed by atoms with Gasteiger partial charge in [-0.1, -0.05) is 35.3 Å². The van der Waals surface area contributed by atoms with E-state index >= 15 is 0 Å². The number of nitrogens with zero attached hydrogens (tertiary/aromatic N) is 1. The summed E-state index contributed by atoms with van der Waals surface area (Å²) in [6, 6.07) is 9.43. The topological polar surface area (TPSA) is 100 Å². The van der Waals surface area contributed by atoms with Crippen molar-refractivity contribution >= 4 is 38.3 Å². The summed E-state index contributed by atoms with van der Waals surface area (Å²) in [5, 5.41) is 16.6. The number of carbonyl (C=O) groups excluding carboxylic acids is 1. The maximum absolute atomic E-state index is 11.2. The van der Waals surface area contributed by atoms with Crippen molar-refractivity contribution in [2.75, 3.05) is 11.1 Å². The lowest BCUT2D eigenvalue weighted by Gasteiger charge is -2.06. The molecule has 0 aliphatic carbocycles. The van der Waals surface area contributed by atoms with Crippen LogP contribution in [-0.4, -0.2) is 22.0 Å². The van der Waals surface area contributed by atoms with Gasteiger partial charge >= 0.3 is 0 Å². The molecule has 0 bridgehead atoms. The van der Waals surface area contributed by atoms with Crippen LogP contribution >= 0.6 is 11.3 Å². The Balaban J connectivity index is 1.49. The van der Waals surface area contributed by atoms with Gasteiger partial charge in [0, 0.05) is 24.2 Å². The number of hydrogen-bond donors (Lipinski definition) is 4. The van der Waals surface area contributed by atoms with Crippen molar-refractivity contribution in [3.63, 3.8) is 0 Å². The molecule has 0 spiro atoms. The predicted molar refractivity (Wildman–Crippen MR) is 111 cm³/mol. The van der Waals surface area contributed by atoms with Crippen molar-refractivity contribution in [2.45, 2.75) is 19.0 Å². The SMILES string of the molecule is C#CC(=O)NCc1ccc2c(c1)NC(C#Cc1cc(O)c3nc(N)sc3c1)C2. The molecule has 3 aromatic rings. The van der Waals surface area contributed by atoms with Gasteiger partial charge in [0.05, 0.1) is 10.7 Å². The molecule has 2 heterocycles. The van der Waals surface area contributed by atoms with Crippen molar-refractivity contribution in [3.05, 3.63) is 47.0 Å². The first-order chi connectivity index (χ1) is 13.5. The zero-order chi connectivity index (χ0) is 19.7. The smallest absolute Gasteiger partial charge is 0.295 e. The highest BCUT2D eigenvalue weighted by Gasteiger charge is 2.19. The molecule has 1 aliphatic heterocycles. The van der Waals surface area contributed by atoms with Gasteiger partial charge in [-0.15, -0.1) is 6.42 Å². The summed E-state index contributed by atoms with van der Waals surface area (Å²) in [7, 11) is 0. The molecule has 1 amide bonds. The van der Waals surface area contributed by atoms with Crippen molar-refractivity contribution in [3.8, 4) is 29.9 Å². The van der Waals surface area contributed by atoms with Crippen LogP contribution in [0.25, 0.3) is 10.2 Å². The molecule has 1 atom stereocenters. The standard InChI is InChI=1S/C21H16N4O2S/c1-2-19(27)23-11-13-3-5-14-10-15(24-16(14)7-13)6-4-12-8-17(26)20-18(9-12)28-21(22)25-20/h1,3,5,7-9,15,24,26H,10-11H2,(H2,22,25)(H,23,27). The summed E-state index contributed by atoms with van der Waals surface area (Å²) in [4.78, 5) is 15.3. The van der Waals surface area contributed by atoms with Crippen LogP contribution in [0.3, 0.4) is 0 Å². The Morgan fingerprint density at radius 3 is 3.11 bits per heavy atom. The highest BCUT2D eigenvalue weighted by atomic mass is 32.1. The van der Waals surface area contributed by atoms with Gasteiger partial charge in [-0.3, -0.25) is 4.79 Å². The molecule has 138 valence electrons. The molecule has 6 nitrogen and oxygen atoms in total. The number of rotatable bonds is 2. The van der Waals surface area contributed by atoms with E-state index in [1.54, 1.807) is 6.07 Å². The van der Waals surface area contributed by atoms with Gasteiger partial charge < -0.3 is 21.5 Å². The van der Waals surface area contributed by atoms with Gasteiger partial charge in [-0.25, -0.2) is 4.98 Å². The van der Waals surface area contributed by atoms with Crippen LogP contribution in [0.1, 0.15) is 16.7 Å². The Morgan fingerprint density at radius 2 is 2.29 bits per heavy atom. The number of aromatic hydroxyl groups is 1. The van der Waals surface area contributed by atoms with Gasteiger partial charge in [-0.05, 0) is 35.2 Å². The summed E-state index contributed by atoms with van der Waals surface area (Å²) in [5.74, 6) is 8.00. The predicted octanol–water partition coefficient (Wildman–Crippen LogP) is 2.22. The van der Waals surface area contributed by atoms with E-state index in [1.807, 2.05) is 30.2 Å². The number of fused-ring (bicyclic) bond motifs is 2. The normalized spacial score (nSPS) is 14.5. The second kappa shape index (κ2) is 7.15. The number of hydrogen-bond acceptors (Lipinski definition) is 6. The number of phenolic OH excluding ortho intramolecular Hbond substituents is 1. The summed E-state index contributed by atoms with van der Waals surface area (Å²) in [6.45, 7) is 0.381. The summed E-state index contributed by atoms with van der Waals surface area (Å²) < 4.78 is 0.808. The number of thiazole rings is 1. The van der Waals surface area contributed by atoms with E-state index in [0.717, 1.165) is 22.4 Å². The van der Waals surface area contributed by atoms with E-state index in [4.69, 9.17) is 12.2 Å². The monoisotopic (exact) mass is 388 g/mol. The number of anilines is 2. The minimum atomic E-state index is -0.430. The first-order valence-electron chi connectivity index (χ1n) is 8.55. The van der Waals surface area contributed by atoms with Crippen LogP contribution in [0.15, 0.2) is 30.3 Å². The Hall–Kier alpha value is -3.68. The van der Waals surface area contributed by atoms with Crippen molar-refractivity contribution in [1.82, 2.24) is 10.3 Å². The molecule has 1 aromatic heterocycles. The van der Waals surface area contributed by atoms with E-state index in [9.17, 15) is 9.90 Å². The number of phenols is 1. The van der Waals surface area contributed by atoms with Gasteiger partial charge in [0.2, 0.25) is 0 Å². The average molecular weight is 388 g/mol. The third-order valence-corrected chi connectivity index (χ3v) is 5.23. The van der Waals surface area contributed by atoms with Crippen LogP contribution in [0.4, 0.5) is 10.8 Å². The molecule has 0 saturated heterocycles. The molecule has 7 heteroatoms. The summed E-state index contributed by atoms with van der Waals surface area (Å²) >= 11 is 1.32. The number of terminal acetylenes is 1. The number of aromatic nitrogens is 1. The second-order valence-electron chi connectivity index (χ2n) is 6.38. The Bertz CT molecular complexity index is 1200. The lowest BCUT2D eigenvalue weighted by Crippen LogP contribution is -2.20. The van der Waals surface area contributed by atoms with Crippen LogP contribution in [0.5, 0.6) is 5.75 Å². The third kappa shape index (κ3) is 3.57. The molecule has 0 fully saturated rings. The minimum absolute atomic E-state index is 0.0325. The van der Waals surface area contributed by atoms with Gasteiger partial charge in [0.1, 0.15) is 11.3 Å². The number of benzene rings is 2. The van der Waals surface area contributed by atoms with Gasteiger partial charge in [0.15, 0.2) is 5.13 Å². The largest absolute Gasteiger partial charge is 0.506 e. The number of nitrogen functional groups attached to an aromatic ring is 1. The molecular formula is C21H16N4O2S. The number of carbonyl (C=O) groups is 1. The molecule has 28 heavy (non-hydrogen) atoms. The number of amides is 1. The van der Waals surface area contributed by atoms with Crippen LogP contribution < -0.4 is 16.4 Å². The molecular weight excluding hydrogens is 372 g/mol. The molecule has 1 aliphatic rings.